The third kappa shape index (κ3) is 2.04. The molecule has 0 bridgehead atoms. The number of nitrogens with zero attached hydrogens (tertiary/aromatic N) is 2. The molecule has 0 saturated heterocycles. The molecule has 3 nitrogen and oxygen atoms in total. The maximum Gasteiger partial charge on any atom is 0.0402 e. The van der Waals surface area contributed by atoms with Gasteiger partial charge in [0.25, 0.3) is 0 Å². The van der Waals surface area contributed by atoms with E-state index in [0.29, 0.717) is 0 Å². The molecule has 0 amide bonds. The zero-order valence-electron chi connectivity index (χ0n) is 8.61. The quantitative estimate of drug-likeness (QED) is 0.780. The summed E-state index contributed by atoms with van der Waals surface area (Å²) in [6.07, 6.45) is 4.49. The number of pyridine rings is 1. The second-order valence-electron chi connectivity index (χ2n) is 3.87. The van der Waals surface area contributed by atoms with Crippen LogP contribution in [0.15, 0.2) is 18.3 Å². The first kappa shape index (κ1) is 9.46. The molecule has 0 aliphatic heterocycles. The molecule has 1 aromatic heterocycles. The molecule has 0 spiro atoms. The van der Waals surface area contributed by atoms with E-state index >= 15 is 0 Å². The van der Waals surface area contributed by atoms with Gasteiger partial charge in [-0.1, -0.05) is 0 Å². The average molecular weight is 191 g/mol. The van der Waals surface area contributed by atoms with E-state index in [0.717, 1.165) is 24.8 Å². The number of rotatable bonds is 4. The molecular formula is C11H17N3. The molecular weight excluding hydrogens is 174 g/mol. The molecule has 0 atom stereocenters. The van der Waals surface area contributed by atoms with Gasteiger partial charge in [0.1, 0.15) is 0 Å². The Hall–Kier alpha value is -1.09. The lowest BCUT2D eigenvalue weighted by atomic mass is 10.3. The minimum atomic E-state index is 0.720. The third-order valence-electron chi connectivity index (χ3n) is 2.57. The van der Waals surface area contributed by atoms with Gasteiger partial charge in [0.15, 0.2) is 0 Å². The highest BCUT2D eigenvalue weighted by Gasteiger charge is 2.28. The standard InChI is InChI=1S/C11H17N3/c1-9-8-11(4-6-13-9)14(7-5-12)10-2-3-10/h4,6,8,10H,2-3,5,7,12H2,1H3. The highest BCUT2D eigenvalue weighted by Crippen LogP contribution is 2.31. The molecule has 2 N–H and O–H groups in total. The van der Waals surface area contributed by atoms with E-state index in [1.165, 1.54) is 18.5 Å². The number of aryl methyl sites for hydroxylation is 1. The van der Waals surface area contributed by atoms with Crippen LogP contribution in [0.5, 0.6) is 0 Å². The number of aromatic nitrogens is 1. The Kier molecular flexibility index (Phi) is 2.68. The van der Waals surface area contributed by atoms with Gasteiger partial charge >= 0.3 is 0 Å². The fourth-order valence-electron chi connectivity index (χ4n) is 1.76. The predicted octanol–water partition coefficient (Wildman–Crippen LogP) is 1.32. The lowest BCUT2D eigenvalue weighted by Gasteiger charge is -2.23. The summed E-state index contributed by atoms with van der Waals surface area (Å²) in [5.74, 6) is 0. The van der Waals surface area contributed by atoms with Crippen LogP contribution in [0.25, 0.3) is 0 Å². The fraction of sp³-hybridized carbons (Fsp3) is 0.545. The molecule has 1 aromatic rings. The summed E-state index contributed by atoms with van der Waals surface area (Å²) in [5, 5.41) is 0. The minimum absolute atomic E-state index is 0.720. The summed E-state index contributed by atoms with van der Waals surface area (Å²) in [6, 6.07) is 4.93. The van der Waals surface area contributed by atoms with Crippen molar-refractivity contribution in [2.75, 3.05) is 18.0 Å². The maximum absolute atomic E-state index is 5.61. The van der Waals surface area contributed by atoms with Crippen molar-refractivity contribution in [1.29, 1.82) is 0 Å². The van der Waals surface area contributed by atoms with E-state index in [1.54, 1.807) is 0 Å². The van der Waals surface area contributed by atoms with E-state index in [9.17, 15) is 0 Å². The first-order valence-corrected chi connectivity index (χ1v) is 5.20. The molecule has 76 valence electrons. The van der Waals surface area contributed by atoms with Gasteiger partial charge in [-0.3, -0.25) is 4.98 Å². The van der Waals surface area contributed by atoms with Gasteiger partial charge in [-0.15, -0.1) is 0 Å². The number of hydrogen-bond donors (Lipinski definition) is 1. The van der Waals surface area contributed by atoms with E-state index < -0.39 is 0 Å². The Morgan fingerprint density at radius 3 is 2.93 bits per heavy atom. The van der Waals surface area contributed by atoms with Gasteiger partial charge in [-0.25, -0.2) is 0 Å². The molecule has 0 aromatic carbocycles. The van der Waals surface area contributed by atoms with Crippen LogP contribution < -0.4 is 10.6 Å². The lowest BCUT2D eigenvalue weighted by molar-refractivity contribution is 0.783. The van der Waals surface area contributed by atoms with Crippen molar-refractivity contribution < 1.29 is 0 Å². The molecule has 14 heavy (non-hydrogen) atoms. The summed E-state index contributed by atoms with van der Waals surface area (Å²) in [4.78, 5) is 6.60. The first-order valence-electron chi connectivity index (χ1n) is 5.20. The summed E-state index contributed by atoms with van der Waals surface area (Å²) >= 11 is 0. The summed E-state index contributed by atoms with van der Waals surface area (Å²) in [5.41, 5.74) is 7.96. The second kappa shape index (κ2) is 3.96. The van der Waals surface area contributed by atoms with Gasteiger partial charge in [-0.2, -0.15) is 0 Å². The molecule has 0 radical (unpaired) electrons. The molecule has 1 aliphatic carbocycles. The van der Waals surface area contributed by atoms with Crippen LogP contribution in [0.4, 0.5) is 5.69 Å². The van der Waals surface area contributed by atoms with Crippen LogP contribution >= 0.6 is 0 Å². The van der Waals surface area contributed by atoms with Crippen LogP contribution in [0, 0.1) is 6.92 Å². The molecule has 1 heterocycles. The van der Waals surface area contributed by atoms with E-state index in [-0.39, 0.29) is 0 Å². The smallest absolute Gasteiger partial charge is 0.0402 e. The van der Waals surface area contributed by atoms with Crippen LogP contribution in [-0.2, 0) is 0 Å². The van der Waals surface area contributed by atoms with Crippen molar-refractivity contribution in [1.82, 2.24) is 4.98 Å². The Morgan fingerprint density at radius 2 is 2.36 bits per heavy atom. The van der Waals surface area contributed by atoms with Gasteiger partial charge < -0.3 is 10.6 Å². The molecule has 3 heteroatoms. The highest BCUT2D eigenvalue weighted by molar-refractivity contribution is 5.48. The zero-order valence-corrected chi connectivity index (χ0v) is 8.61. The maximum atomic E-state index is 5.61. The molecule has 2 rings (SSSR count). The Labute approximate surface area is 84.9 Å². The van der Waals surface area contributed by atoms with Crippen molar-refractivity contribution in [3.8, 4) is 0 Å². The van der Waals surface area contributed by atoms with Crippen LogP contribution in [-0.4, -0.2) is 24.1 Å². The Balaban J connectivity index is 2.16. The summed E-state index contributed by atoms with van der Waals surface area (Å²) in [7, 11) is 0. The highest BCUT2D eigenvalue weighted by atomic mass is 15.2. The van der Waals surface area contributed by atoms with Crippen molar-refractivity contribution >= 4 is 5.69 Å². The topological polar surface area (TPSA) is 42.1 Å². The number of hydrogen-bond acceptors (Lipinski definition) is 3. The van der Waals surface area contributed by atoms with Gasteiger partial charge in [-0.05, 0) is 31.9 Å². The lowest BCUT2D eigenvalue weighted by Crippen LogP contribution is -2.31. The zero-order chi connectivity index (χ0) is 9.97. The van der Waals surface area contributed by atoms with Crippen molar-refractivity contribution in [3.63, 3.8) is 0 Å². The van der Waals surface area contributed by atoms with E-state index in [2.05, 4.69) is 22.0 Å². The van der Waals surface area contributed by atoms with Crippen molar-refractivity contribution in [2.45, 2.75) is 25.8 Å². The summed E-state index contributed by atoms with van der Waals surface area (Å²) in [6.45, 7) is 3.70. The third-order valence-corrected chi connectivity index (χ3v) is 2.57. The van der Waals surface area contributed by atoms with Gasteiger partial charge in [0.2, 0.25) is 0 Å². The predicted molar refractivity (Wildman–Crippen MR) is 58.4 cm³/mol. The fourth-order valence-corrected chi connectivity index (χ4v) is 1.76. The SMILES string of the molecule is Cc1cc(N(CCN)C2CC2)ccn1. The Morgan fingerprint density at radius 1 is 1.57 bits per heavy atom. The normalized spacial score (nSPS) is 15.6. The molecule has 1 aliphatic rings. The van der Waals surface area contributed by atoms with Crippen LogP contribution in [0.3, 0.4) is 0 Å². The first-order chi connectivity index (χ1) is 6.81. The number of nitrogens with two attached hydrogens (primary N) is 1. The van der Waals surface area contributed by atoms with Crippen LogP contribution in [0.1, 0.15) is 18.5 Å². The molecule has 1 fully saturated rings. The average Bonchev–Trinajstić information content (AvgIpc) is 2.97. The minimum Gasteiger partial charge on any atom is -0.367 e. The largest absolute Gasteiger partial charge is 0.367 e. The molecule has 0 unspecified atom stereocenters. The van der Waals surface area contributed by atoms with E-state index in [4.69, 9.17) is 5.73 Å². The monoisotopic (exact) mass is 191 g/mol. The Bertz CT molecular complexity index is 307. The molecule has 1 saturated carbocycles. The van der Waals surface area contributed by atoms with Gasteiger partial charge in [0.05, 0.1) is 0 Å². The van der Waals surface area contributed by atoms with Crippen molar-refractivity contribution in [3.05, 3.63) is 24.0 Å². The van der Waals surface area contributed by atoms with Gasteiger partial charge in [0, 0.05) is 36.7 Å². The summed E-state index contributed by atoms with van der Waals surface area (Å²) < 4.78 is 0. The number of anilines is 1. The van der Waals surface area contributed by atoms with Crippen LogP contribution in [0.2, 0.25) is 0 Å². The van der Waals surface area contributed by atoms with E-state index in [1.807, 2.05) is 13.1 Å². The van der Waals surface area contributed by atoms with Crippen molar-refractivity contribution in [2.24, 2.45) is 5.73 Å². The second-order valence-corrected chi connectivity index (χ2v) is 3.87.